The van der Waals surface area contributed by atoms with E-state index in [0.717, 1.165) is 41.8 Å². The van der Waals surface area contributed by atoms with E-state index >= 15 is 0 Å². The van der Waals surface area contributed by atoms with Gasteiger partial charge in [0, 0.05) is 66.2 Å². The van der Waals surface area contributed by atoms with Crippen molar-refractivity contribution in [2.24, 2.45) is 6.98 Å². The molecule has 4 rings (SSSR count). The normalized spacial score (nSPS) is 18.0. The van der Waals surface area contributed by atoms with Crippen LogP contribution in [0.3, 0.4) is 0 Å². The molecule has 0 radical (unpaired) electrons. The standard InChI is InChI=1S/C19H23N7O/c1-24-3-5-26(6-4-24)13-19(27)23-18-8-14-7-15(9-20-17(14)11-21-18)16-10-22-25(2)12-16/h7-12H,3-6,13H2,1-2H3,(H,21,23,27)/i2D3. The number of carbonyl (C=O) groups excluding carboxylic acids is 1. The molecule has 4 heterocycles. The number of piperazine rings is 1. The Morgan fingerprint density at radius 2 is 2.00 bits per heavy atom. The highest BCUT2D eigenvalue weighted by Crippen LogP contribution is 2.23. The number of anilines is 1. The third-order valence-corrected chi connectivity index (χ3v) is 4.71. The number of fused-ring (bicyclic) bond motifs is 1. The van der Waals surface area contributed by atoms with Gasteiger partial charge in [-0.25, -0.2) is 4.98 Å². The Hall–Kier alpha value is -2.84. The molecule has 1 amide bonds. The first-order valence-corrected chi connectivity index (χ1v) is 8.80. The molecule has 140 valence electrons. The second kappa shape index (κ2) is 7.42. The Kier molecular flexibility index (Phi) is 3.91. The van der Waals surface area contributed by atoms with Gasteiger partial charge in [0.05, 0.1) is 24.5 Å². The molecule has 8 heteroatoms. The Labute approximate surface area is 162 Å². The van der Waals surface area contributed by atoms with Crippen molar-refractivity contribution in [3.63, 3.8) is 0 Å². The van der Waals surface area contributed by atoms with Gasteiger partial charge in [-0.3, -0.25) is 19.4 Å². The molecule has 1 N–H and O–H groups in total. The van der Waals surface area contributed by atoms with Crippen LogP contribution in [0.2, 0.25) is 0 Å². The molecule has 0 atom stereocenters. The predicted molar refractivity (Wildman–Crippen MR) is 104 cm³/mol. The van der Waals surface area contributed by atoms with E-state index in [-0.39, 0.29) is 5.91 Å². The molecule has 1 aliphatic rings. The van der Waals surface area contributed by atoms with E-state index in [2.05, 4.69) is 37.2 Å². The van der Waals surface area contributed by atoms with Crippen LogP contribution < -0.4 is 5.32 Å². The van der Waals surface area contributed by atoms with Crippen molar-refractivity contribution in [1.82, 2.24) is 29.5 Å². The largest absolute Gasteiger partial charge is 0.310 e. The van der Waals surface area contributed by atoms with Crippen molar-refractivity contribution in [3.8, 4) is 11.1 Å². The van der Waals surface area contributed by atoms with Crippen molar-refractivity contribution >= 4 is 22.6 Å². The third kappa shape index (κ3) is 4.12. The molecule has 3 aromatic heterocycles. The minimum Gasteiger partial charge on any atom is -0.310 e. The van der Waals surface area contributed by atoms with Gasteiger partial charge in [-0.15, -0.1) is 0 Å². The molecule has 0 saturated carbocycles. The van der Waals surface area contributed by atoms with Crippen LogP contribution in [0.15, 0.2) is 36.9 Å². The van der Waals surface area contributed by atoms with Gasteiger partial charge in [0.25, 0.3) is 0 Å². The third-order valence-electron chi connectivity index (χ3n) is 4.71. The SMILES string of the molecule is [2H]C([2H])([2H])n1cc(-c2cnc3cnc(NC(=O)CN4CCN(C)CC4)cc3c2)cn1. The fourth-order valence-corrected chi connectivity index (χ4v) is 3.12. The zero-order valence-electron chi connectivity index (χ0n) is 18.1. The van der Waals surface area contributed by atoms with Gasteiger partial charge in [-0.05, 0) is 19.2 Å². The van der Waals surface area contributed by atoms with Gasteiger partial charge >= 0.3 is 0 Å². The number of likely N-dealkylation sites (N-methyl/N-ethyl adjacent to an activating group) is 1. The van der Waals surface area contributed by atoms with Crippen molar-refractivity contribution < 1.29 is 8.91 Å². The number of hydrogen-bond donors (Lipinski definition) is 1. The summed E-state index contributed by atoms with van der Waals surface area (Å²) in [7, 11) is 2.08. The minimum absolute atomic E-state index is 0.102. The number of aromatic nitrogens is 4. The number of amides is 1. The highest BCUT2D eigenvalue weighted by Gasteiger charge is 2.17. The minimum atomic E-state index is -2.33. The van der Waals surface area contributed by atoms with Gasteiger partial charge in [0.1, 0.15) is 5.82 Å². The molecule has 0 aromatic carbocycles. The van der Waals surface area contributed by atoms with Crippen LogP contribution in [0, 0.1) is 0 Å². The monoisotopic (exact) mass is 368 g/mol. The first-order valence-electron chi connectivity index (χ1n) is 10.3. The van der Waals surface area contributed by atoms with Crippen LogP contribution >= 0.6 is 0 Å². The van der Waals surface area contributed by atoms with Crippen LogP contribution in [0.4, 0.5) is 5.82 Å². The first-order chi connectivity index (χ1) is 14.3. The maximum Gasteiger partial charge on any atom is 0.239 e. The Morgan fingerprint density at radius 3 is 2.78 bits per heavy atom. The fourth-order valence-electron chi connectivity index (χ4n) is 3.12. The Bertz CT molecular complexity index is 1060. The van der Waals surface area contributed by atoms with E-state index in [4.69, 9.17) is 4.11 Å². The summed E-state index contributed by atoms with van der Waals surface area (Å²) in [6.07, 6.45) is 6.22. The van der Waals surface area contributed by atoms with Crippen LogP contribution in [0.1, 0.15) is 4.11 Å². The summed E-state index contributed by atoms with van der Waals surface area (Å²) in [6, 6.07) is 3.64. The maximum absolute atomic E-state index is 12.4. The lowest BCUT2D eigenvalue weighted by Gasteiger charge is -2.31. The molecule has 0 aliphatic carbocycles. The molecular weight excluding hydrogens is 342 g/mol. The number of carbonyl (C=O) groups is 1. The second-order valence-electron chi connectivity index (χ2n) is 6.79. The van der Waals surface area contributed by atoms with Crippen LogP contribution in [0.25, 0.3) is 22.0 Å². The van der Waals surface area contributed by atoms with Gasteiger partial charge in [0.15, 0.2) is 0 Å². The summed E-state index contributed by atoms with van der Waals surface area (Å²) in [5, 5.41) is 7.55. The smallest absolute Gasteiger partial charge is 0.239 e. The zero-order chi connectivity index (χ0) is 21.3. The van der Waals surface area contributed by atoms with E-state index in [0.29, 0.717) is 23.4 Å². The number of nitrogens with zero attached hydrogens (tertiary/aromatic N) is 6. The van der Waals surface area contributed by atoms with Gasteiger partial charge < -0.3 is 10.2 Å². The lowest BCUT2D eigenvalue weighted by Crippen LogP contribution is -2.47. The number of nitrogens with one attached hydrogen (secondary N) is 1. The summed E-state index contributed by atoms with van der Waals surface area (Å²) in [5.74, 6) is 0.355. The summed E-state index contributed by atoms with van der Waals surface area (Å²) in [6.45, 7) is 1.65. The lowest BCUT2D eigenvalue weighted by atomic mass is 10.1. The summed E-state index contributed by atoms with van der Waals surface area (Å²) < 4.78 is 23.3. The van der Waals surface area contributed by atoms with E-state index in [1.165, 1.54) is 12.4 Å². The topological polar surface area (TPSA) is 79.2 Å². The lowest BCUT2D eigenvalue weighted by molar-refractivity contribution is -0.117. The highest BCUT2D eigenvalue weighted by molar-refractivity contribution is 5.93. The summed E-state index contributed by atoms with van der Waals surface area (Å²) in [5.41, 5.74) is 2.07. The zero-order valence-corrected chi connectivity index (χ0v) is 15.1. The molecule has 8 nitrogen and oxygen atoms in total. The molecule has 0 spiro atoms. The number of aryl methyl sites for hydroxylation is 1. The molecular formula is C19H23N7O. The average molecular weight is 368 g/mol. The summed E-state index contributed by atoms with van der Waals surface area (Å²) >= 11 is 0. The van der Waals surface area contributed by atoms with E-state index in [9.17, 15) is 4.79 Å². The number of hydrogen-bond acceptors (Lipinski definition) is 6. The van der Waals surface area contributed by atoms with Gasteiger partial charge in [-0.1, -0.05) is 0 Å². The van der Waals surface area contributed by atoms with Crippen molar-refractivity contribution in [2.75, 3.05) is 45.1 Å². The molecule has 1 saturated heterocycles. The van der Waals surface area contributed by atoms with E-state index in [1.807, 2.05) is 6.07 Å². The van der Waals surface area contributed by atoms with Gasteiger partial charge in [-0.2, -0.15) is 5.10 Å². The molecule has 0 unspecified atom stereocenters. The molecule has 27 heavy (non-hydrogen) atoms. The van der Waals surface area contributed by atoms with Crippen LogP contribution in [-0.2, 0) is 11.8 Å². The maximum atomic E-state index is 12.4. The fraction of sp³-hybridized carbons (Fsp3) is 0.368. The van der Waals surface area contributed by atoms with E-state index < -0.39 is 6.98 Å². The average Bonchev–Trinajstić information content (AvgIpc) is 3.20. The summed E-state index contributed by atoms with van der Waals surface area (Å²) in [4.78, 5) is 25.4. The van der Waals surface area contributed by atoms with Crippen LogP contribution in [-0.4, -0.2) is 75.2 Å². The Morgan fingerprint density at radius 1 is 1.15 bits per heavy atom. The van der Waals surface area contributed by atoms with Crippen LogP contribution in [0.5, 0.6) is 0 Å². The Balaban J connectivity index is 1.49. The predicted octanol–water partition coefficient (Wildman–Crippen LogP) is 1.22. The second-order valence-corrected chi connectivity index (χ2v) is 6.79. The number of rotatable bonds is 4. The van der Waals surface area contributed by atoms with Crippen molar-refractivity contribution in [3.05, 3.63) is 36.9 Å². The van der Waals surface area contributed by atoms with Crippen molar-refractivity contribution in [2.45, 2.75) is 0 Å². The quantitative estimate of drug-likeness (QED) is 0.746. The molecule has 1 fully saturated rings. The molecule has 1 aliphatic heterocycles. The van der Waals surface area contributed by atoms with E-state index in [1.54, 1.807) is 18.5 Å². The first kappa shape index (κ1) is 14.2. The molecule has 3 aromatic rings. The van der Waals surface area contributed by atoms with Crippen molar-refractivity contribution in [1.29, 1.82) is 0 Å². The number of pyridine rings is 2. The van der Waals surface area contributed by atoms with Gasteiger partial charge in [0.2, 0.25) is 5.91 Å². The molecule has 0 bridgehead atoms. The highest BCUT2D eigenvalue weighted by atomic mass is 16.2.